The summed E-state index contributed by atoms with van der Waals surface area (Å²) in [6.07, 6.45) is 4.37. The van der Waals surface area contributed by atoms with Crippen molar-refractivity contribution in [3.63, 3.8) is 0 Å². The number of hydrogen-bond acceptors (Lipinski definition) is 2. The molecule has 0 saturated heterocycles. The van der Waals surface area contributed by atoms with E-state index in [1.807, 2.05) is 11.7 Å². The highest BCUT2D eigenvalue weighted by Gasteiger charge is 2.17. The largest absolute Gasteiger partial charge is 0.312 e. The molecule has 2 heterocycles. The van der Waals surface area contributed by atoms with Crippen molar-refractivity contribution in [3.05, 3.63) is 11.5 Å². The summed E-state index contributed by atoms with van der Waals surface area (Å²) in [5, 5.41) is 4.57. The van der Waals surface area contributed by atoms with Crippen molar-refractivity contribution >= 4 is 22.8 Å². The lowest BCUT2D eigenvalue weighted by molar-refractivity contribution is 0.606. The fourth-order valence-electron chi connectivity index (χ4n) is 2.35. The number of halogens is 1. The summed E-state index contributed by atoms with van der Waals surface area (Å²) in [5.41, 5.74) is 3.24. The van der Waals surface area contributed by atoms with Crippen LogP contribution in [0.4, 0.5) is 0 Å². The van der Waals surface area contributed by atoms with E-state index >= 15 is 0 Å². The molecular formula is C13H21ClN4. The zero-order valence-corrected chi connectivity index (χ0v) is 12.2. The van der Waals surface area contributed by atoms with Gasteiger partial charge in [0.1, 0.15) is 11.3 Å². The molecule has 5 heteroatoms. The fourth-order valence-corrected chi connectivity index (χ4v) is 2.55. The molecule has 100 valence electrons. The first-order valence-corrected chi connectivity index (χ1v) is 7.23. The lowest BCUT2D eigenvalue weighted by Gasteiger charge is -2.06. The standard InChI is InChI=1S/C13H21ClN4/c1-4-6-8-18-11(9-14)15-12-10(7-5-2)16-17(3)13(12)18/h4-9H2,1-3H3. The van der Waals surface area contributed by atoms with Crippen LogP contribution < -0.4 is 0 Å². The first-order valence-electron chi connectivity index (χ1n) is 6.69. The van der Waals surface area contributed by atoms with E-state index in [9.17, 15) is 0 Å². The second-order valence-electron chi connectivity index (χ2n) is 4.66. The summed E-state index contributed by atoms with van der Waals surface area (Å²) in [6.45, 7) is 5.33. The van der Waals surface area contributed by atoms with Gasteiger partial charge in [0.05, 0.1) is 11.6 Å². The van der Waals surface area contributed by atoms with Gasteiger partial charge in [-0.1, -0.05) is 26.7 Å². The predicted molar refractivity (Wildman–Crippen MR) is 75.0 cm³/mol. The molecule has 0 saturated carbocycles. The molecule has 2 aromatic heterocycles. The van der Waals surface area contributed by atoms with Crippen LogP contribution in [0, 0.1) is 0 Å². The van der Waals surface area contributed by atoms with Crippen LogP contribution in [0.15, 0.2) is 0 Å². The Kier molecular flexibility index (Phi) is 4.27. The van der Waals surface area contributed by atoms with Crippen molar-refractivity contribution in [2.24, 2.45) is 7.05 Å². The number of imidazole rings is 1. The van der Waals surface area contributed by atoms with Crippen LogP contribution in [0.5, 0.6) is 0 Å². The molecule has 0 unspecified atom stereocenters. The second-order valence-corrected chi connectivity index (χ2v) is 4.93. The van der Waals surface area contributed by atoms with Crippen LogP contribution in [0.1, 0.15) is 44.6 Å². The maximum absolute atomic E-state index is 6.01. The molecular weight excluding hydrogens is 248 g/mol. The van der Waals surface area contributed by atoms with E-state index in [4.69, 9.17) is 11.6 Å². The van der Waals surface area contributed by atoms with Crippen LogP contribution in [-0.4, -0.2) is 19.3 Å². The number of aromatic nitrogens is 4. The van der Waals surface area contributed by atoms with Crippen LogP contribution >= 0.6 is 11.6 Å². The Balaban J connectivity index is 2.52. The number of nitrogens with zero attached hydrogens (tertiary/aromatic N) is 4. The maximum Gasteiger partial charge on any atom is 0.158 e. The highest BCUT2D eigenvalue weighted by Crippen LogP contribution is 2.22. The Labute approximate surface area is 113 Å². The second kappa shape index (κ2) is 5.74. The van der Waals surface area contributed by atoms with E-state index < -0.39 is 0 Å². The summed E-state index contributed by atoms with van der Waals surface area (Å²) in [6, 6.07) is 0. The lowest BCUT2D eigenvalue weighted by Crippen LogP contribution is -2.06. The first kappa shape index (κ1) is 13.4. The van der Waals surface area contributed by atoms with Crippen LogP contribution in [0.3, 0.4) is 0 Å². The van der Waals surface area contributed by atoms with Gasteiger partial charge in [-0.3, -0.25) is 4.68 Å². The first-order chi connectivity index (χ1) is 8.72. The third kappa shape index (κ3) is 2.26. The highest BCUT2D eigenvalue weighted by atomic mass is 35.5. The Hall–Kier alpha value is -1.03. The molecule has 0 radical (unpaired) electrons. The monoisotopic (exact) mass is 268 g/mol. The summed E-state index contributed by atoms with van der Waals surface area (Å²) in [7, 11) is 1.99. The van der Waals surface area contributed by atoms with Gasteiger partial charge in [0.2, 0.25) is 0 Å². The van der Waals surface area contributed by atoms with Crippen LogP contribution in [0.2, 0.25) is 0 Å². The van der Waals surface area contributed by atoms with Gasteiger partial charge in [-0.05, 0) is 12.8 Å². The smallest absolute Gasteiger partial charge is 0.158 e. The van der Waals surface area contributed by atoms with E-state index in [1.165, 1.54) is 6.42 Å². The number of fused-ring (bicyclic) bond motifs is 1. The zero-order chi connectivity index (χ0) is 13.1. The van der Waals surface area contributed by atoms with E-state index in [0.717, 1.165) is 48.5 Å². The molecule has 0 aliphatic rings. The van der Waals surface area contributed by atoms with Crippen molar-refractivity contribution in [1.29, 1.82) is 0 Å². The predicted octanol–water partition coefficient (Wildman–Crippen LogP) is 3.26. The van der Waals surface area contributed by atoms with Crippen LogP contribution in [0.25, 0.3) is 11.2 Å². The summed E-state index contributed by atoms with van der Waals surface area (Å²) in [4.78, 5) is 4.67. The Morgan fingerprint density at radius 3 is 2.61 bits per heavy atom. The number of rotatable bonds is 6. The van der Waals surface area contributed by atoms with Gasteiger partial charge in [0.15, 0.2) is 5.65 Å². The summed E-state index contributed by atoms with van der Waals surface area (Å²) < 4.78 is 4.16. The SMILES string of the molecule is CCCCn1c(CCl)nc2c(CCC)nn(C)c21. The van der Waals surface area contributed by atoms with Crippen molar-refractivity contribution in [2.75, 3.05) is 0 Å². The Bertz CT molecular complexity index is 527. The van der Waals surface area contributed by atoms with Gasteiger partial charge in [-0.2, -0.15) is 5.10 Å². The minimum atomic E-state index is 0.462. The Morgan fingerprint density at radius 2 is 2.00 bits per heavy atom. The number of unbranched alkanes of at least 4 members (excludes halogenated alkanes) is 1. The minimum absolute atomic E-state index is 0.462. The molecule has 0 aliphatic carbocycles. The number of hydrogen-bond donors (Lipinski definition) is 0. The number of aryl methyl sites for hydroxylation is 3. The molecule has 2 aromatic rings. The Morgan fingerprint density at radius 1 is 1.22 bits per heavy atom. The molecule has 18 heavy (non-hydrogen) atoms. The molecule has 0 amide bonds. The quantitative estimate of drug-likeness (QED) is 0.754. The summed E-state index contributed by atoms with van der Waals surface area (Å²) in [5.74, 6) is 1.43. The molecule has 0 N–H and O–H groups in total. The van der Waals surface area contributed by atoms with Gasteiger partial charge in [0, 0.05) is 13.6 Å². The molecule has 2 rings (SSSR count). The number of alkyl halides is 1. The molecule has 0 spiro atoms. The van der Waals surface area contributed by atoms with Gasteiger partial charge in [-0.15, -0.1) is 11.6 Å². The normalized spacial score (nSPS) is 11.6. The average Bonchev–Trinajstić information content (AvgIpc) is 2.86. The van der Waals surface area contributed by atoms with E-state index in [-0.39, 0.29) is 0 Å². The fraction of sp³-hybridized carbons (Fsp3) is 0.692. The van der Waals surface area contributed by atoms with E-state index in [2.05, 4.69) is 28.5 Å². The molecule has 0 aromatic carbocycles. The molecule has 0 bridgehead atoms. The molecule has 0 atom stereocenters. The minimum Gasteiger partial charge on any atom is -0.312 e. The zero-order valence-electron chi connectivity index (χ0n) is 11.4. The van der Waals surface area contributed by atoms with Gasteiger partial charge in [-0.25, -0.2) is 4.98 Å². The van der Waals surface area contributed by atoms with E-state index in [1.54, 1.807) is 0 Å². The lowest BCUT2D eigenvalue weighted by atomic mass is 10.2. The third-order valence-corrected chi connectivity index (χ3v) is 3.45. The van der Waals surface area contributed by atoms with Gasteiger partial charge in [0.25, 0.3) is 0 Å². The van der Waals surface area contributed by atoms with E-state index in [0.29, 0.717) is 5.88 Å². The van der Waals surface area contributed by atoms with Gasteiger partial charge >= 0.3 is 0 Å². The maximum atomic E-state index is 6.01. The topological polar surface area (TPSA) is 35.6 Å². The third-order valence-electron chi connectivity index (χ3n) is 3.21. The van der Waals surface area contributed by atoms with Crippen molar-refractivity contribution < 1.29 is 0 Å². The van der Waals surface area contributed by atoms with Crippen molar-refractivity contribution in [3.8, 4) is 0 Å². The molecule has 4 nitrogen and oxygen atoms in total. The van der Waals surface area contributed by atoms with Crippen molar-refractivity contribution in [2.45, 2.75) is 52.0 Å². The highest BCUT2D eigenvalue weighted by molar-refractivity contribution is 6.16. The summed E-state index contributed by atoms with van der Waals surface area (Å²) >= 11 is 6.01. The molecule has 0 fully saturated rings. The van der Waals surface area contributed by atoms with Gasteiger partial charge < -0.3 is 4.57 Å². The molecule has 0 aliphatic heterocycles. The average molecular weight is 269 g/mol. The van der Waals surface area contributed by atoms with Crippen molar-refractivity contribution in [1.82, 2.24) is 19.3 Å². The van der Waals surface area contributed by atoms with Crippen LogP contribution in [-0.2, 0) is 25.9 Å².